The maximum absolute atomic E-state index is 12.5. The van der Waals surface area contributed by atoms with E-state index < -0.39 is 5.91 Å². The molecule has 0 aliphatic heterocycles. The number of carbonyl (C=O) groups is 1. The highest BCUT2D eigenvalue weighted by molar-refractivity contribution is 9.10. The van der Waals surface area contributed by atoms with E-state index in [1.807, 2.05) is 26.8 Å². The number of anilines is 1. The van der Waals surface area contributed by atoms with E-state index in [0.717, 1.165) is 0 Å². The monoisotopic (exact) mass is 458 g/mol. The first-order valence-corrected chi connectivity index (χ1v) is 10.1. The summed E-state index contributed by atoms with van der Waals surface area (Å²) in [5.74, 6) is 1.34. The van der Waals surface area contributed by atoms with Crippen molar-refractivity contribution in [2.24, 2.45) is 0 Å². The van der Waals surface area contributed by atoms with Crippen LogP contribution in [0.4, 0.5) is 5.69 Å². The third-order valence-corrected chi connectivity index (χ3v) is 4.31. The third kappa shape index (κ3) is 6.26. The molecule has 1 amide bonds. The largest absolute Gasteiger partial charge is 0.494 e. The van der Waals surface area contributed by atoms with Crippen molar-refractivity contribution in [1.29, 1.82) is 5.26 Å². The maximum Gasteiger partial charge on any atom is 0.266 e. The summed E-state index contributed by atoms with van der Waals surface area (Å²) >= 11 is 3.46. The van der Waals surface area contributed by atoms with Crippen LogP contribution in [0.1, 0.15) is 26.3 Å². The van der Waals surface area contributed by atoms with Gasteiger partial charge < -0.3 is 19.5 Å². The molecule has 2 rings (SSSR count). The topological polar surface area (TPSA) is 80.6 Å². The molecule has 0 unspecified atom stereocenters. The van der Waals surface area contributed by atoms with Gasteiger partial charge in [-0.2, -0.15) is 5.26 Å². The molecular formula is C22H23BrN2O4. The minimum atomic E-state index is -0.500. The molecule has 0 aliphatic rings. The Morgan fingerprint density at radius 1 is 1.07 bits per heavy atom. The van der Waals surface area contributed by atoms with E-state index in [1.165, 1.54) is 6.08 Å². The van der Waals surface area contributed by atoms with Gasteiger partial charge in [0.1, 0.15) is 17.4 Å². The Morgan fingerprint density at radius 3 is 2.31 bits per heavy atom. The number of halogens is 1. The van der Waals surface area contributed by atoms with Gasteiger partial charge in [-0.1, -0.05) is 0 Å². The molecule has 0 fully saturated rings. The average molecular weight is 459 g/mol. The summed E-state index contributed by atoms with van der Waals surface area (Å²) in [5.41, 5.74) is 1.18. The highest BCUT2D eigenvalue weighted by Gasteiger charge is 2.14. The molecule has 0 radical (unpaired) electrons. The number of nitrogens with zero attached hydrogens (tertiary/aromatic N) is 1. The van der Waals surface area contributed by atoms with Gasteiger partial charge in [0.15, 0.2) is 11.5 Å². The summed E-state index contributed by atoms with van der Waals surface area (Å²) in [7, 11) is 0. The van der Waals surface area contributed by atoms with E-state index in [0.29, 0.717) is 52.8 Å². The molecule has 0 heterocycles. The molecule has 29 heavy (non-hydrogen) atoms. The lowest BCUT2D eigenvalue weighted by atomic mass is 10.1. The molecule has 0 spiro atoms. The number of rotatable bonds is 9. The second-order valence-electron chi connectivity index (χ2n) is 5.78. The number of carbonyl (C=O) groups excluding carboxylic acids is 1. The Hall–Kier alpha value is -2.98. The number of amides is 1. The van der Waals surface area contributed by atoms with Crippen molar-refractivity contribution >= 4 is 33.6 Å². The average Bonchev–Trinajstić information content (AvgIpc) is 2.70. The van der Waals surface area contributed by atoms with Crippen molar-refractivity contribution in [3.63, 3.8) is 0 Å². The Morgan fingerprint density at radius 2 is 1.72 bits per heavy atom. The van der Waals surface area contributed by atoms with Crippen molar-refractivity contribution < 1.29 is 19.0 Å². The van der Waals surface area contributed by atoms with E-state index in [-0.39, 0.29) is 5.57 Å². The van der Waals surface area contributed by atoms with Crippen LogP contribution in [-0.2, 0) is 4.79 Å². The van der Waals surface area contributed by atoms with Gasteiger partial charge in [-0.15, -0.1) is 0 Å². The summed E-state index contributed by atoms with van der Waals surface area (Å²) in [6, 6.07) is 12.4. The Labute approximate surface area is 179 Å². The summed E-state index contributed by atoms with van der Waals surface area (Å²) < 4.78 is 17.3. The number of nitriles is 1. The minimum Gasteiger partial charge on any atom is -0.494 e. The van der Waals surface area contributed by atoms with Crippen LogP contribution >= 0.6 is 15.9 Å². The lowest BCUT2D eigenvalue weighted by Gasteiger charge is -2.13. The van der Waals surface area contributed by atoms with Crippen molar-refractivity contribution in [3.05, 3.63) is 52.0 Å². The Bertz CT molecular complexity index is 918. The molecule has 2 aromatic carbocycles. The van der Waals surface area contributed by atoms with Crippen LogP contribution in [-0.4, -0.2) is 25.7 Å². The van der Waals surface area contributed by atoms with Gasteiger partial charge >= 0.3 is 0 Å². The zero-order valence-corrected chi connectivity index (χ0v) is 18.2. The standard InChI is InChI=1S/C22H23BrN2O4/c1-4-27-18-9-7-17(8-10-18)25-22(26)16(14-24)11-15-12-19(23)21(29-6-3)20(13-15)28-5-2/h7-13H,4-6H2,1-3H3,(H,25,26)/b16-11+. The van der Waals surface area contributed by atoms with Crippen LogP contribution in [0, 0.1) is 11.3 Å². The number of hydrogen-bond donors (Lipinski definition) is 1. The number of nitrogens with one attached hydrogen (secondary N) is 1. The second-order valence-corrected chi connectivity index (χ2v) is 6.63. The fourth-order valence-electron chi connectivity index (χ4n) is 2.53. The van der Waals surface area contributed by atoms with Gasteiger partial charge in [0.2, 0.25) is 0 Å². The number of hydrogen-bond acceptors (Lipinski definition) is 5. The lowest BCUT2D eigenvalue weighted by Crippen LogP contribution is -2.13. The highest BCUT2D eigenvalue weighted by Crippen LogP contribution is 2.37. The Kier molecular flexibility index (Phi) is 8.56. The van der Waals surface area contributed by atoms with Gasteiger partial charge in [0.25, 0.3) is 5.91 Å². The van der Waals surface area contributed by atoms with Gasteiger partial charge in [-0.05, 0) is 84.7 Å². The van der Waals surface area contributed by atoms with Gasteiger partial charge in [-0.25, -0.2) is 0 Å². The SMILES string of the molecule is CCOc1ccc(NC(=O)/C(C#N)=C/c2cc(Br)c(OCC)c(OCC)c2)cc1. The summed E-state index contributed by atoms with van der Waals surface area (Å²) in [6.07, 6.45) is 1.51. The fraction of sp³-hybridized carbons (Fsp3) is 0.273. The molecule has 6 nitrogen and oxygen atoms in total. The predicted molar refractivity (Wildman–Crippen MR) is 116 cm³/mol. The molecular weight excluding hydrogens is 436 g/mol. The molecule has 0 aromatic heterocycles. The zero-order chi connectivity index (χ0) is 21.2. The minimum absolute atomic E-state index is 0.0302. The molecule has 0 saturated carbocycles. The predicted octanol–water partition coefficient (Wildman–Crippen LogP) is 5.19. The first-order chi connectivity index (χ1) is 14.0. The molecule has 152 valence electrons. The first kappa shape index (κ1) is 22.3. The van der Waals surface area contributed by atoms with E-state index in [9.17, 15) is 10.1 Å². The van der Waals surface area contributed by atoms with Crippen LogP contribution in [0.2, 0.25) is 0 Å². The zero-order valence-electron chi connectivity index (χ0n) is 16.6. The first-order valence-electron chi connectivity index (χ1n) is 9.27. The van der Waals surface area contributed by atoms with Crippen LogP contribution in [0.3, 0.4) is 0 Å². The van der Waals surface area contributed by atoms with Crippen LogP contribution in [0.15, 0.2) is 46.4 Å². The van der Waals surface area contributed by atoms with E-state index in [4.69, 9.17) is 14.2 Å². The smallest absolute Gasteiger partial charge is 0.266 e. The van der Waals surface area contributed by atoms with Crippen molar-refractivity contribution in [3.8, 4) is 23.3 Å². The quantitative estimate of drug-likeness (QED) is 0.412. The molecule has 0 bridgehead atoms. The summed E-state index contributed by atoms with van der Waals surface area (Å²) in [6.45, 7) is 7.17. The fourth-order valence-corrected chi connectivity index (χ4v) is 3.11. The van der Waals surface area contributed by atoms with E-state index in [1.54, 1.807) is 36.4 Å². The third-order valence-electron chi connectivity index (χ3n) is 3.72. The number of ether oxygens (including phenoxy) is 3. The van der Waals surface area contributed by atoms with Crippen molar-refractivity contribution in [1.82, 2.24) is 0 Å². The van der Waals surface area contributed by atoms with E-state index >= 15 is 0 Å². The molecule has 0 aliphatic carbocycles. The van der Waals surface area contributed by atoms with Crippen LogP contribution in [0.25, 0.3) is 6.08 Å². The van der Waals surface area contributed by atoms with E-state index in [2.05, 4.69) is 21.2 Å². The molecule has 0 atom stereocenters. The normalized spacial score (nSPS) is 10.8. The van der Waals surface area contributed by atoms with Crippen molar-refractivity contribution in [2.45, 2.75) is 20.8 Å². The van der Waals surface area contributed by atoms with Crippen molar-refractivity contribution in [2.75, 3.05) is 25.1 Å². The van der Waals surface area contributed by atoms with Crippen LogP contribution < -0.4 is 19.5 Å². The molecule has 2 aromatic rings. The second kappa shape index (κ2) is 11.1. The highest BCUT2D eigenvalue weighted by atomic mass is 79.9. The van der Waals surface area contributed by atoms with Crippen LogP contribution in [0.5, 0.6) is 17.2 Å². The van der Waals surface area contributed by atoms with Gasteiger partial charge in [0.05, 0.1) is 24.3 Å². The van der Waals surface area contributed by atoms with Gasteiger partial charge in [-0.3, -0.25) is 4.79 Å². The molecule has 1 N–H and O–H groups in total. The maximum atomic E-state index is 12.5. The summed E-state index contributed by atoms with van der Waals surface area (Å²) in [4.78, 5) is 12.5. The van der Waals surface area contributed by atoms with Gasteiger partial charge in [0, 0.05) is 5.69 Å². The number of benzene rings is 2. The molecule has 7 heteroatoms. The molecule has 0 saturated heterocycles. The summed E-state index contributed by atoms with van der Waals surface area (Å²) in [5, 5.41) is 12.2. The lowest BCUT2D eigenvalue weighted by molar-refractivity contribution is -0.112. The Balaban J connectivity index is 2.25.